The van der Waals surface area contributed by atoms with Crippen molar-refractivity contribution < 1.29 is 4.79 Å². The lowest BCUT2D eigenvalue weighted by molar-refractivity contribution is 0.102. The first-order valence-corrected chi connectivity index (χ1v) is 10.9. The van der Waals surface area contributed by atoms with Crippen molar-refractivity contribution in [2.75, 3.05) is 11.5 Å². The highest BCUT2D eigenvalue weighted by Crippen LogP contribution is 2.20. The van der Waals surface area contributed by atoms with Crippen LogP contribution in [0.25, 0.3) is 0 Å². The van der Waals surface area contributed by atoms with Gasteiger partial charge in [-0.1, -0.05) is 55.9 Å². The Balaban J connectivity index is 1.86. The van der Waals surface area contributed by atoms with Crippen LogP contribution in [0.4, 0.5) is 5.82 Å². The minimum absolute atomic E-state index is 0.0494. The van der Waals surface area contributed by atoms with Gasteiger partial charge in [0.05, 0.1) is 12.3 Å². The van der Waals surface area contributed by atoms with E-state index in [-0.39, 0.29) is 23.1 Å². The second-order valence-electron chi connectivity index (χ2n) is 7.72. The molecule has 0 aliphatic heterocycles. The van der Waals surface area contributed by atoms with Gasteiger partial charge < -0.3 is 10.3 Å². The minimum atomic E-state index is -0.685. The van der Waals surface area contributed by atoms with Crippen molar-refractivity contribution in [1.29, 1.82) is 0 Å². The highest BCUT2D eigenvalue weighted by atomic mass is 32.2. The standard InChI is InChI=1S/C21H26N6O3S/c1-13(2)10-27-18(22)17(19(29)25(4)21(27)30)16(28)12-31-20-24-23-14(3)26(20)11-15-8-6-5-7-9-15/h5-9,13H,10-12,22H2,1-4H3. The van der Waals surface area contributed by atoms with Crippen LogP contribution in [0.3, 0.4) is 0 Å². The maximum atomic E-state index is 13.0. The SMILES string of the molecule is Cc1nnc(SCC(=O)c2c(N)n(CC(C)C)c(=O)n(C)c2=O)n1Cc1ccccc1. The first kappa shape index (κ1) is 22.5. The summed E-state index contributed by atoms with van der Waals surface area (Å²) in [6, 6.07) is 9.86. The number of hydrogen-bond donors (Lipinski definition) is 1. The van der Waals surface area contributed by atoms with Gasteiger partial charge in [-0.15, -0.1) is 10.2 Å². The molecule has 0 aliphatic rings. The maximum Gasteiger partial charge on any atom is 0.332 e. The average Bonchev–Trinajstić information content (AvgIpc) is 3.08. The predicted octanol–water partition coefficient (Wildman–Crippen LogP) is 1.71. The highest BCUT2D eigenvalue weighted by Gasteiger charge is 2.23. The Labute approximate surface area is 183 Å². The number of aromatic nitrogens is 5. The van der Waals surface area contributed by atoms with Crippen LogP contribution in [0.5, 0.6) is 0 Å². The number of nitrogen functional groups attached to an aromatic ring is 1. The van der Waals surface area contributed by atoms with Crippen molar-refractivity contribution in [2.45, 2.75) is 39.0 Å². The number of nitrogens with zero attached hydrogens (tertiary/aromatic N) is 5. The zero-order valence-electron chi connectivity index (χ0n) is 18.0. The van der Waals surface area contributed by atoms with Gasteiger partial charge in [-0.3, -0.25) is 18.7 Å². The number of carbonyl (C=O) groups is 1. The summed E-state index contributed by atoms with van der Waals surface area (Å²) in [6.07, 6.45) is 0. The van der Waals surface area contributed by atoms with Crippen molar-refractivity contribution in [3.05, 3.63) is 68.1 Å². The van der Waals surface area contributed by atoms with Crippen LogP contribution in [0.1, 0.15) is 35.6 Å². The van der Waals surface area contributed by atoms with Gasteiger partial charge in [0, 0.05) is 13.6 Å². The molecule has 0 saturated heterocycles. The van der Waals surface area contributed by atoms with E-state index >= 15 is 0 Å². The van der Waals surface area contributed by atoms with Crippen molar-refractivity contribution >= 4 is 23.4 Å². The first-order valence-electron chi connectivity index (χ1n) is 9.89. The van der Waals surface area contributed by atoms with Crippen molar-refractivity contribution in [1.82, 2.24) is 23.9 Å². The number of rotatable bonds is 8. The molecule has 0 aliphatic carbocycles. The number of thioether (sulfide) groups is 1. The molecule has 3 aromatic rings. The lowest BCUT2D eigenvalue weighted by Gasteiger charge is -2.16. The van der Waals surface area contributed by atoms with Gasteiger partial charge >= 0.3 is 5.69 Å². The number of Topliss-reactive ketones (excluding diaryl/α,β-unsaturated/α-hetero) is 1. The van der Waals surface area contributed by atoms with Gasteiger partial charge in [-0.25, -0.2) is 4.79 Å². The van der Waals surface area contributed by atoms with E-state index in [0.717, 1.165) is 16.0 Å². The van der Waals surface area contributed by atoms with Gasteiger partial charge in [0.25, 0.3) is 5.56 Å². The number of nitrogens with two attached hydrogens (primary N) is 1. The molecule has 2 N–H and O–H groups in total. The van der Waals surface area contributed by atoms with E-state index in [2.05, 4.69) is 10.2 Å². The number of hydrogen-bond acceptors (Lipinski definition) is 7. The summed E-state index contributed by atoms with van der Waals surface area (Å²) in [5.41, 5.74) is 5.80. The second kappa shape index (κ2) is 9.34. The molecular weight excluding hydrogens is 416 g/mol. The number of ketones is 1. The predicted molar refractivity (Wildman–Crippen MR) is 121 cm³/mol. The Kier molecular flexibility index (Phi) is 6.79. The number of benzene rings is 1. The second-order valence-corrected chi connectivity index (χ2v) is 8.67. The molecule has 0 unspecified atom stereocenters. The van der Waals surface area contributed by atoms with Crippen LogP contribution in [0, 0.1) is 12.8 Å². The van der Waals surface area contributed by atoms with Gasteiger partial charge in [0.2, 0.25) is 0 Å². The summed E-state index contributed by atoms with van der Waals surface area (Å²) in [5.74, 6) is 0.252. The smallest absolute Gasteiger partial charge is 0.332 e. The van der Waals surface area contributed by atoms with E-state index in [9.17, 15) is 14.4 Å². The van der Waals surface area contributed by atoms with E-state index in [0.29, 0.717) is 18.2 Å². The zero-order chi connectivity index (χ0) is 22.7. The molecule has 0 spiro atoms. The third-order valence-electron chi connectivity index (χ3n) is 4.83. The Morgan fingerprint density at radius 2 is 1.81 bits per heavy atom. The zero-order valence-corrected chi connectivity index (χ0v) is 18.8. The monoisotopic (exact) mass is 442 g/mol. The van der Waals surface area contributed by atoms with Crippen molar-refractivity contribution in [3.63, 3.8) is 0 Å². The molecule has 9 nitrogen and oxygen atoms in total. The molecule has 0 radical (unpaired) electrons. The molecule has 0 saturated carbocycles. The van der Waals surface area contributed by atoms with Crippen molar-refractivity contribution in [2.24, 2.45) is 13.0 Å². The molecule has 0 bridgehead atoms. The van der Waals surface area contributed by atoms with Gasteiger partial charge in [-0.2, -0.15) is 0 Å². The summed E-state index contributed by atoms with van der Waals surface area (Å²) in [6.45, 7) is 6.58. The number of anilines is 1. The van der Waals surface area contributed by atoms with Crippen LogP contribution < -0.4 is 17.0 Å². The molecule has 0 amide bonds. The topological polar surface area (TPSA) is 118 Å². The van der Waals surface area contributed by atoms with E-state index in [4.69, 9.17) is 5.73 Å². The lowest BCUT2D eigenvalue weighted by Crippen LogP contribution is -2.43. The number of aryl methyl sites for hydroxylation is 1. The lowest BCUT2D eigenvalue weighted by atomic mass is 10.2. The van der Waals surface area contributed by atoms with Crippen LogP contribution in [-0.2, 0) is 20.1 Å². The largest absolute Gasteiger partial charge is 0.384 e. The fourth-order valence-electron chi connectivity index (χ4n) is 3.21. The minimum Gasteiger partial charge on any atom is -0.384 e. The summed E-state index contributed by atoms with van der Waals surface area (Å²) < 4.78 is 4.12. The fourth-order valence-corrected chi connectivity index (χ4v) is 4.06. The molecule has 10 heteroatoms. The fraction of sp³-hybridized carbons (Fsp3) is 0.381. The molecule has 2 aromatic heterocycles. The van der Waals surface area contributed by atoms with E-state index in [1.54, 1.807) is 0 Å². The third-order valence-corrected chi connectivity index (χ3v) is 5.79. The Hall–Kier alpha value is -3.14. The van der Waals surface area contributed by atoms with Crippen LogP contribution in [0.15, 0.2) is 45.1 Å². The normalized spacial score (nSPS) is 11.3. The molecular formula is C21H26N6O3S. The quantitative estimate of drug-likeness (QED) is 0.417. The average molecular weight is 443 g/mol. The van der Waals surface area contributed by atoms with Crippen molar-refractivity contribution in [3.8, 4) is 0 Å². The third kappa shape index (κ3) is 4.79. The number of carbonyl (C=O) groups excluding carboxylic acids is 1. The molecule has 1 aromatic carbocycles. The molecule has 0 fully saturated rings. The Morgan fingerprint density at radius 1 is 1.13 bits per heavy atom. The summed E-state index contributed by atoms with van der Waals surface area (Å²) in [7, 11) is 1.35. The van der Waals surface area contributed by atoms with Gasteiger partial charge in [0.1, 0.15) is 17.2 Å². The Bertz CT molecular complexity index is 1210. The van der Waals surface area contributed by atoms with E-state index in [1.807, 2.05) is 55.7 Å². The van der Waals surface area contributed by atoms with Crippen LogP contribution >= 0.6 is 11.8 Å². The summed E-state index contributed by atoms with van der Waals surface area (Å²) in [5, 5.41) is 8.85. The van der Waals surface area contributed by atoms with E-state index in [1.165, 1.54) is 23.4 Å². The maximum absolute atomic E-state index is 13.0. The molecule has 0 atom stereocenters. The van der Waals surface area contributed by atoms with E-state index < -0.39 is 17.0 Å². The Morgan fingerprint density at radius 3 is 2.45 bits per heavy atom. The van der Waals surface area contributed by atoms with Crippen LogP contribution in [0.2, 0.25) is 0 Å². The molecule has 164 valence electrons. The highest BCUT2D eigenvalue weighted by molar-refractivity contribution is 7.99. The first-order chi connectivity index (χ1) is 14.7. The van der Waals surface area contributed by atoms with Gasteiger partial charge in [-0.05, 0) is 18.4 Å². The molecule has 3 rings (SSSR count). The molecule has 31 heavy (non-hydrogen) atoms. The van der Waals surface area contributed by atoms with Crippen LogP contribution in [-0.4, -0.2) is 35.4 Å². The summed E-state index contributed by atoms with van der Waals surface area (Å²) >= 11 is 1.19. The van der Waals surface area contributed by atoms with Gasteiger partial charge in [0.15, 0.2) is 10.9 Å². The summed E-state index contributed by atoms with van der Waals surface area (Å²) in [4.78, 5) is 38.0. The molecule has 2 heterocycles.